The van der Waals surface area contributed by atoms with Crippen LogP contribution in [0.4, 0.5) is 0 Å². The number of hydrogen-bond acceptors (Lipinski definition) is 4. The molecule has 0 bridgehead atoms. The highest BCUT2D eigenvalue weighted by Crippen LogP contribution is 2.46. The van der Waals surface area contributed by atoms with E-state index in [0.29, 0.717) is 0 Å². The number of allylic oxidation sites excluding steroid dienone is 12. The highest BCUT2D eigenvalue weighted by Gasteiger charge is 2.19. The molecule has 0 aromatic heterocycles. The summed E-state index contributed by atoms with van der Waals surface area (Å²) in [6.07, 6.45) is 21.7. The Bertz CT molecular complexity index is 2540. The Morgan fingerprint density at radius 1 is 0.545 bits per heavy atom. The van der Waals surface area contributed by atoms with Gasteiger partial charge in [-0.2, -0.15) is 0 Å². The average Bonchev–Trinajstić information content (AvgIpc) is 3.21. The topological polar surface area (TPSA) is 102 Å². The third kappa shape index (κ3) is 7.85. The van der Waals surface area contributed by atoms with E-state index in [2.05, 4.69) is 111 Å². The highest BCUT2D eigenvalue weighted by molar-refractivity contribution is 6.28. The number of aryl methyl sites for hydroxylation is 1. The molecule has 6 aromatic carbocycles. The maximum Gasteiger partial charge on any atom is 0.0183 e. The van der Waals surface area contributed by atoms with Crippen LogP contribution in [0.15, 0.2) is 153 Å². The van der Waals surface area contributed by atoms with E-state index < -0.39 is 0 Å². The molecule has 0 spiro atoms. The number of nitrogens with one attached hydrogen (secondary N) is 1. The summed E-state index contributed by atoms with van der Waals surface area (Å²) in [7, 11) is 0. The van der Waals surface area contributed by atoms with Gasteiger partial charge in [0.25, 0.3) is 0 Å². The van der Waals surface area contributed by atoms with Crippen molar-refractivity contribution in [1.82, 2.24) is 0 Å². The molecule has 0 radical (unpaired) electrons. The van der Waals surface area contributed by atoms with Crippen LogP contribution in [-0.4, -0.2) is 6.21 Å². The number of benzene rings is 6. The standard InChI is InChI=1S/C49H46N4.C2H6/c1-6-32(14-18-50)38-24-39(33(7-2)15-19-51)27-42(26-38)46-30-47(45-13-11-37-23-31(5)22-36-10-12-44(46)49(45)48(36)37)43-28-40(34(8-3)16-20-52)25-41(29-43)35(9-4)17-21-53;1-2/h6-30,50H,1,51-53H2,2-5H3;1-2H3/b19-15-,20-16-,21-17-,32-14+,33-7+,34-8+,35-9+,50-18?;. The van der Waals surface area contributed by atoms with Crippen LogP contribution in [0.25, 0.3) is 76.9 Å². The molecular formula is C51H52N4. The monoisotopic (exact) mass is 720 g/mol. The Kier molecular flexibility index (Phi) is 12.9. The van der Waals surface area contributed by atoms with Gasteiger partial charge in [-0.05, 0) is 218 Å². The molecule has 0 unspecified atom stereocenters. The first-order valence-electron chi connectivity index (χ1n) is 18.8. The first-order chi connectivity index (χ1) is 26.8. The quantitative estimate of drug-likeness (QED) is 0.0609. The molecule has 0 aliphatic heterocycles. The van der Waals surface area contributed by atoms with Gasteiger partial charge in [-0.3, -0.25) is 0 Å². The first kappa shape index (κ1) is 39.6. The summed E-state index contributed by atoms with van der Waals surface area (Å²) >= 11 is 0. The van der Waals surface area contributed by atoms with Gasteiger partial charge in [0, 0.05) is 6.21 Å². The lowest BCUT2D eigenvalue weighted by Gasteiger charge is -2.20. The number of rotatable bonds is 11. The van der Waals surface area contributed by atoms with Crippen molar-refractivity contribution in [3.05, 3.63) is 180 Å². The van der Waals surface area contributed by atoms with E-state index in [1.807, 2.05) is 52.8 Å². The maximum atomic E-state index is 7.87. The largest absolute Gasteiger partial charge is 0.405 e. The van der Waals surface area contributed by atoms with E-state index in [9.17, 15) is 0 Å². The smallest absolute Gasteiger partial charge is 0.0183 e. The molecule has 0 atom stereocenters. The average molecular weight is 721 g/mol. The summed E-state index contributed by atoms with van der Waals surface area (Å²) in [5, 5.41) is 15.1. The maximum absolute atomic E-state index is 7.87. The van der Waals surface area contributed by atoms with Crippen LogP contribution in [0.3, 0.4) is 0 Å². The summed E-state index contributed by atoms with van der Waals surface area (Å²) in [6, 6.07) is 29.2. The zero-order valence-electron chi connectivity index (χ0n) is 32.9. The molecule has 0 aliphatic rings. The molecule has 4 heteroatoms. The van der Waals surface area contributed by atoms with Crippen molar-refractivity contribution in [2.75, 3.05) is 0 Å². The van der Waals surface area contributed by atoms with Crippen LogP contribution < -0.4 is 17.2 Å². The fourth-order valence-corrected chi connectivity index (χ4v) is 7.54. The van der Waals surface area contributed by atoms with Crippen molar-refractivity contribution < 1.29 is 0 Å². The van der Waals surface area contributed by atoms with E-state index in [1.165, 1.54) is 38.7 Å². The minimum atomic E-state index is 0.861. The molecule has 6 aromatic rings. The summed E-state index contributed by atoms with van der Waals surface area (Å²) in [5.41, 5.74) is 31.4. The van der Waals surface area contributed by atoms with Crippen LogP contribution in [0.2, 0.25) is 0 Å². The lowest BCUT2D eigenvalue weighted by Crippen LogP contribution is -1.96. The van der Waals surface area contributed by atoms with Gasteiger partial charge in [-0.25, -0.2) is 0 Å². The third-order valence-corrected chi connectivity index (χ3v) is 9.93. The predicted molar refractivity (Wildman–Crippen MR) is 245 cm³/mol. The van der Waals surface area contributed by atoms with E-state index in [4.69, 9.17) is 22.6 Å². The van der Waals surface area contributed by atoms with Crippen LogP contribution in [0.1, 0.15) is 62.4 Å². The van der Waals surface area contributed by atoms with Crippen LogP contribution >= 0.6 is 0 Å². The summed E-state index contributed by atoms with van der Waals surface area (Å²) in [6.45, 7) is 16.3. The van der Waals surface area contributed by atoms with Gasteiger partial charge in [-0.1, -0.05) is 81.1 Å². The lowest BCUT2D eigenvalue weighted by atomic mass is 9.83. The van der Waals surface area contributed by atoms with Crippen molar-refractivity contribution in [2.24, 2.45) is 17.2 Å². The molecular weight excluding hydrogens is 669 g/mol. The lowest BCUT2D eigenvalue weighted by molar-refractivity contribution is 1.50. The molecule has 0 aliphatic carbocycles. The van der Waals surface area contributed by atoms with Crippen LogP contribution in [0, 0.1) is 12.3 Å². The van der Waals surface area contributed by atoms with Gasteiger partial charge in [0.05, 0.1) is 0 Å². The van der Waals surface area contributed by atoms with Gasteiger partial charge >= 0.3 is 0 Å². The summed E-state index contributed by atoms with van der Waals surface area (Å²) in [5.74, 6) is 0. The van der Waals surface area contributed by atoms with Gasteiger partial charge in [0.15, 0.2) is 0 Å². The van der Waals surface area contributed by atoms with Gasteiger partial charge in [-0.15, -0.1) is 0 Å². The Morgan fingerprint density at radius 2 is 0.945 bits per heavy atom. The highest BCUT2D eigenvalue weighted by atomic mass is 14.5. The van der Waals surface area contributed by atoms with Crippen molar-refractivity contribution in [3.8, 4) is 22.3 Å². The Balaban J connectivity index is 0.00000285. The van der Waals surface area contributed by atoms with Gasteiger partial charge in [0.2, 0.25) is 0 Å². The summed E-state index contributed by atoms with van der Waals surface area (Å²) < 4.78 is 0. The normalized spacial score (nSPS) is 13.1. The Hall–Kier alpha value is -6.65. The SMILES string of the molecule is C=C/C(=C\C=N)c1cc(C(/C=C\N)=C/C)cc(-c2cc(-c3cc(C(/C=C\N)=C/C)cc(C(/C=C\N)=C/C)c3)c3ccc4cc(C)cc5ccc2c3c54)c1.CC. The molecule has 4 nitrogen and oxygen atoms in total. The minimum absolute atomic E-state index is 0.861. The fraction of sp³-hybridized carbons (Fsp3) is 0.118. The Labute approximate surface area is 326 Å². The van der Waals surface area contributed by atoms with Crippen molar-refractivity contribution in [3.63, 3.8) is 0 Å². The molecule has 276 valence electrons. The van der Waals surface area contributed by atoms with Crippen molar-refractivity contribution in [1.29, 1.82) is 5.41 Å². The molecule has 7 N–H and O–H groups in total. The second-order valence-corrected chi connectivity index (χ2v) is 13.1. The molecule has 0 saturated carbocycles. The molecule has 0 fully saturated rings. The van der Waals surface area contributed by atoms with Crippen molar-refractivity contribution in [2.45, 2.75) is 41.5 Å². The van der Waals surface area contributed by atoms with E-state index >= 15 is 0 Å². The second kappa shape index (κ2) is 17.9. The van der Waals surface area contributed by atoms with Crippen LogP contribution in [-0.2, 0) is 0 Å². The van der Waals surface area contributed by atoms with Crippen molar-refractivity contribution >= 4 is 60.8 Å². The molecule has 0 saturated heterocycles. The minimum Gasteiger partial charge on any atom is -0.405 e. The molecule has 55 heavy (non-hydrogen) atoms. The van der Waals surface area contributed by atoms with E-state index in [0.717, 1.165) is 72.2 Å². The Morgan fingerprint density at radius 3 is 1.29 bits per heavy atom. The summed E-state index contributed by atoms with van der Waals surface area (Å²) in [4.78, 5) is 0. The predicted octanol–water partition coefficient (Wildman–Crippen LogP) is 13.1. The number of nitrogens with two attached hydrogens (primary N) is 3. The zero-order valence-corrected chi connectivity index (χ0v) is 32.9. The molecule has 6 rings (SSSR count). The zero-order chi connectivity index (χ0) is 39.6. The van der Waals surface area contributed by atoms with E-state index in [1.54, 1.807) is 30.8 Å². The van der Waals surface area contributed by atoms with Gasteiger partial charge in [0.1, 0.15) is 0 Å². The molecule has 0 heterocycles. The van der Waals surface area contributed by atoms with Gasteiger partial charge < -0.3 is 22.6 Å². The van der Waals surface area contributed by atoms with E-state index in [-0.39, 0.29) is 0 Å². The first-order valence-corrected chi connectivity index (χ1v) is 18.8. The fourth-order valence-electron chi connectivity index (χ4n) is 7.54. The molecule has 0 amide bonds. The number of hydrogen-bond donors (Lipinski definition) is 4. The second-order valence-electron chi connectivity index (χ2n) is 13.1. The third-order valence-electron chi connectivity index (χ3n) is 9.93. The van der Waals surface area contributed by atoms with Crippen LogP contribution in [0.5, 0.6) is 0 Å².